The van der Waals surface area contributed by atoms with Crippen molar-refractivity contribution in [3.8, 4) is 0 Å². The smallest absolute Gasteiger partial charge is 0.324 e. The second kappa shape index (κ2) is 6.58. The van der Waals surface area contributed by atoms with E-state index in [1.54, 1.807) is 0 Å². The first-order chi connectivity index (χ1) is 7.99. The average molecular weight is 310 g/mol. The van der Waals surface area contributed by atoms with Crippen LogP contribution in [0.2, 0.25) is 0 Å². The number of rotatable bonds is 7. The lowest BCUT2D eigenvalue weighted by atomic mass is 10.7. The van der Waals surface area contributed by atoms with Crippen molar-refractivity contribution in [3.05, 3.63) is 0 Å². The van der Waals surface area contributed by atoms with Crippen LogP contribution >= 0.6 is 0 Å². The SMILES string of the molecule is O=C(CS(=O)(=O)F)OCCOC(=O)CS(=O)(=O)F. The van der Waals surface area contributed by atoms with Gasteiger partial charge in [-0.1, -0.05) is 0 Å². The number of carbonyl (C=O) groups excluding carboxylic acids is 2. The van der Waals surface area contributed by atoms with Crippen molar-refractivity contribution in [3.63, 3.8) is 0 Å². The minimum Gasteiger partial charge on any atom is -0.461 e. The Hall–Kier alpha value is -1.30. The maximum atomic E-state index is 11.9. The van der Waals surface area contributed by atoms with Gasteiger partial charge < -0.3 is 9.47 Å². The lowest BCUT2D eigenvalue weighted by molar-refractivity contribution is -0.149. The van der Waals surface area contributed by atoms with Crippen LogP contribution in [-0.4, -0.2) is 53.5 Å². The number of halogens is 2. The third-order valence-electron chi connectivity index (χ3n) is 1.19. The molecule has 0 aliphatic carbocycles. The van der Waals surface area contributed by atoms with Gasteiger partial charge in [-0.15, -0.1) is 7.77 Å². The van der Waals surface area contributed by atoms with Gasteiger partial charge in [-0.2, -0.15) is 16.8 Å². The molecule has 0 unspecified atom stereocenters. The molecule has 0 amide bonds. The van der Waals surface area contributed by atoms with E-state index in [0.29, 0.717) is 0 Å². The Balaban J connectivity index is 3.82. The molecule has 18 heavy (non-hydrogen) atoms. The van der Waals surface area contributed by atoms with Gasteiger partial charge in [0.15, 0.2) is 11.5 Å². The van der Waals surface area contributed by atoms with Crippen LogP contribution in [0.4, 0.5) is 7.77 Å². The molecule has 0 bridgehead atoms. The highest BCUT2D eigenvalue weighted by atomic mass is 32.3. The Morgan fingerprint density at radius 3 is 1.28 bits per heavy atom. The minimum absolute atomic E-state index is 0.619. The summed E-state index contributed by atoms with van der Waals surface area (Å²) in [5, 5.41) is 0. The summed E-state index contributed by atoms with van der Waals surface area (Å²) in [7, 11) is -10.0. The fourth-order valence-corrected chi connectivity index (χ4v) is 1.41. The van der Waals surface area contributed by atoms with Gasteiger partial charge in [-0.05, 0) is 0 Å². The molecule has 0 rings (SSSR count). The summed E-state index contributed by atoms with van der Waals surface area (Å²) in [6.07, 6.45) is 0. The van der Waals surface area contributed by atoms with Crippen LogP contribution in [0.1, 0.15) is 0 Å². The van der Waals surface area contributed by atoms with Crippen LogP contribution in [0, 0.1) is 0 Å². The molecule has 0 heterocycles. The third-order valence-corrected chi connectivity index (χ3v) is 2.35. The Morgan fingerprint density at radius 2 is 1.06 bits per heavy atom. The van der Waals surface area contributed by atoms with E-state index < -0.39 is 57.1 Å². The standard InChI is InChI=1S/C6H8F2O8S2/c7-17(11,12)3-5(9)15-1-2-16-6(10)4-18(8,13)14/h1-4H2. The molecule has 106 valence electrons. The molecular weight excluding hydrogens is 302 g/mol. The summed E-state index contributed by atoms with van der Waals surface area (Å²) in [6, 6.07) is 0. The Morgan fingerprint density at radius 1 is 0.778 bits per heavy atom. The van der Waals surface area contributed by atoms with E-state index >= 15 is 0 Å². The molecule has 0 aromatic carbocycles. The molecule has 0 saturated heterocycles. The molecule has 0 atom stereocenters. The van der Waals surface area contributed by atoms with Crippen molar-refractivity contribution in [1.82, 2.24) is 0 Å². The van der Waals surface area contributed by atoms with Gasteiger partial charge in [-0.3, -0.25) is 9.59 Å². The van der Waals surface area contributed by atoms with Gasteiger partial charge in [0, 0.05) is 0 Å². The van der Waals surface area contributed by atoms with Gasteiger partial charge in [0.2, 0.25) is 0 Å². The second-order valence-electron chi connectivity index (χ2n) is 2.81. The van der Waals surface area contributed by atoms with Crippen LogP contribution in [0.15, 0.2) is 0 Å². The molecule has 0 N–H and O–H groups in total. The van der Waals surface area contributed by atoms with E-state index in [2.05, 4.69) is 9.47 Å². The number of carbonyl (C=O) groups is 2. The quantitative estimate of drug-likeness (QED) is 0.322. The number of esters is 2. The van der Waals surface area contributed by atoms with Crippen molar-refractivity contribution in [2.45, 2.75) is 0 Å². The summed E-state index contributed by atoms with van der Waals surface area (Å²) in [4.78, 5) is 21.2. The van der Waals surface area contributed by atoms with Gasteiger partial charge in [0.25, 0.3) is 0 Å². The first-order valence-corrected chi connectivity index (χ1v) is 7.26. The molecule has 8 nitrogen and oxygen atoms in total. The number of hydrogen-bond donors (Lipinski definition) is 0. The van der Waals surface area contributed by atoms with Crippen molar-refractivity contribution in [2.75, 3.05) is 24.7 Å². The van der Waals surface area contributed by atoms with Gasteiger partial charge in [-0.25, -0.2) is 0 Å². The predicted molar refractivity (Wildman–Crippen MR) is 51.7 cm³/mol. The number of hydrogen-bond acceptors (Lipinski definition) is 8. The number of ether oxygens (including phenoxy) is 2. The molecule has 0 aliphatic rings. The van der Waals surface area contributed by atoms with Crippen molar-refractivity contribution >= 4 is 32.4 Å². The molecule has 0 aromatic heterocycles. The van der Waals surface area contributed by atoms with Crippen molar-refractivity contribution in [2.24, 2.45) is 0 Å². The highest BCUT2D eigenvalue weighted by Crippen LogP contribution is 1.94. The first-order valence-electron chi connectivity index (χ1n) is 4.15. The third kappa shape index (κ3) is 11.2. The van der Waals surface area contributed by atoms with E-state index in [4.69, 9.17) is 0 Å². The van der Waals surface area contributed by atoms with Crippen LogP contribution in [-0.2, 0) is 39.5 Å². The Bertz CT molecular complexity index is 460. The summed E-state index contributed by atoms with van der Waals surface area (Å²) in [5.41, 5.74) is 0. The monoisotopic (exact) mass is 310 g/mol. The van der Waals surface area contributed by atoms with Gasteiger partial charge in [0.1, 0.15) is 13.2 Å². The average Bonchev–Trinajstić information content (AvgIpc) is 2.06. The summed E-state index contributed by atoms with van der Waals surface area (Å²) >= 11 is 0. The second-order valence-corrected chi connectivity index (χ2v) is 5.54. The lowest BCUT2D eigenvalue weighted by Gasteiger charge is -2.04. The lowest BCUT2D eigenvalue weighted by Crippen LogP contribution is -2.21. The van der Waals surface area contributed by atoms with E-state index in [0.717, 1.165) is 0 Å². The zero-order valence-corrected chi connectivity index (χ0v) is 10.3. The zero-order chi connectivity index (χ0) is 14.4. The maximum Gasteiger partial charge on any atom is 0.324 e. The summed E-state index contributed by atoms with van der Waals surface area (Å²) in [5.74, 6) is -5.79. The molecule has 0 radical (unpaired) electrons. The predicted octanol–water partition coefficient (Wildman–Crippen LogP) is -1.33. The highest BCUT2D eigenvalue weighted by molar-refractivity contribution is 7.87. The van der Waals surface area contributed by atoms with Crippen LogP contribution < -0.4 is 0 Å². The molecule has 0 aliphatic heterocycles. The molecular formula is C6H8F2O8S2. The van der Waals surface area contributed by atoms with E-state index in [-0.39, 0.29) is 0 Å². The van der Waals surface area contributed by atoms with E-state index in [1.165, 1.54) is 0 Å². The Labute approximate surface area is 101 Å². The van der Waals surface area contributed by atoms with E-state index in [1.807, 2.05) is 0 Å². The van der Waals surface area contributed by atoms with Crippen LogP contribution in [0.5, 0.6) is 0 Å². The largest absolute Gasteiger partial charge is 0.461 e. The first kappa shape index (κ1) is 16.7. The van der Waals surface area contributed by atoms with Crippen molar-refractivity contribution in [1.29, 1.82) is 0 Å². The normalized spacial score (nSPS) is 11.9. The highest BCUT2D eigenvalue weighted by Gasteiger charge is 2.17. The fraction of sp³-hybridized carbons (Fsp3) is 0.667. The summed E-state index contributed by atoms with van der Waals surface area (Å²) < 4.78 is 72.0. The molecule has 0 spiro atoms. The van der Waals surface area contributed by atoms with Crippen LogP contribution in [0.3, 0.4) is 0 Å². The molecule has 0 fully saturated rings. The zero-order valence-electron chi connectivity index (χ0n) is 8.67. The minimum atomic E-state index is -5.01. The fourth-order valence-electron chi connectivity index (χ4n) is 0.676. The Kier molecular flexibility index (Phi) is 6.11. The van der Waals surface area contributed by atoms with Gasteiger partial charge in [0.05, 0.1) is 0 Å². The topological polar surface area (TPSA) is 121 Å². The van der Waals surface area contributed by atoms with Gasteiger partial charge >= 0.3 is 32.4 Å². The molecule has 0 aromatic rings. The van der Waals surface area contributed by atoms with Crippen molar-refractivity contribution < 1.29 is 43.7 Å². The molecule has 0 saturated carbocycles. The molecule has 12 heteroatoms. The summed E-state index contributed by atoms with van der Waals surface area (Å²) in [6.45, 7) is -1.24. The maximum absolute atomic E-state index is 11.9. The van der Waals surface area contributed by atoms with E-state index in [9.17, 15) is 34.2 Å². The van der Waals surface area contributed by atoms with Crippen LogP contribution in [0.25, 0.3) is 0 Å².